The zero-order valence-electron chi connectivity index (χ0n) is 11.9. The highest BCUT2D eigenvalue weighted by molar-refractivity contribution is 6.30. The molecule has 0 amide bonds. The van der Waals surface area contributed by atoms with Gasteiger partial charge in [0.1, 0.15) is 18.5 Å². The summed E-state index contributed by atoms with van der Waals surface area (Å²) in [4.78, 5) is 4.27. The van der Waals surface area contributed by atoms with E-state index in [0.29, 0.717) is 17.3 Å². The lowest BCUT2D eigenvalue weighted by molar-refractivity contribution is 0.104. The van der Waals surface area contributed by atoms with Crippen LogP contribution in [0.15, 0.2) is 48.7 Å². The van der Waals surface area contributed by atoms with Crippen LogP contribution in [0.1, 0.15) is 18.7 Å². The summed E-state index contributed by atoms with van der Waals surface area (Å²) in [5.41, 5.74) is 0.945. The topological polar surface area (TPSA) is 54.4 Å². The molecule has 2 unspecified atom stereocenters. The summed E-state index contributed by atoms with van der Waals surface area (Å²) in [6, 6.07) is 13.0. The van der Waals surface area contributed by atoms with E-state index in [-0.39, 0.29) is 12.6 Å². The Balaban J connectivity index is 1.73. The third kappa shape index (κ3) is 5.34. The van der Waals surface area contributed by atoms with Gasteiger partial charge in [0.25, 0.3) is 0 Å². The van der Waals surface area contributed by atoms with E-state index in [1.54, 1.807) is 18.3 Å². The lowest BCUT2D eigenvalue weighted by atomic mass is 10.2. The van der Waals surface area contributed by atoms with Crippen LogP contribution in [0.2, 0.25) is 5.02 Å². The van der Waals surface area contributed by atoms with Gasteiger partial charge in [-0.2, -0.15) is 0 Å². The molecule has 0 bridgehead atoms. The molecule has 0 fully saturated rings. The van der Waals surface area contributed by atoms with Gasteiger partial charge in [0.2, 0.25) is 0 Å². The number of hydrogen-bond acceptors (Lipinski definition) is 4. The summed E-state index contributed by atoms with van der Waals surface area (Å²) in [5, 5.41) is 13.8. The van der Waals surface area contributed by atoms with Gasteiger partial charge in [-0.1, -0.05) is 23.7 Å². The van der Waals surface area contributed by atoms with Crippen LogP contribution in [0.4, 0.5) is 0 Å². The van der Waals surface area contributed by atoms with Crippen molar-refractivity contribution in [1.82, 2.24) is 10.3 Å². The molecule has 1 aromatic carbocycles. The first-order valence-corrected chi connectivity index (χ1v) is 7.23. The molecule has 21 heavy (non-hydrogen) atoms. The number of nitrogens with one attached hydrogen (secondary N) is 1. The first kappa shape index (κ1) is 15.8. The molecular weight excluding hydrogens is 288 g/mol. The molecule has 0 saturated carbocycles. The Kier molecular flexibility index (Phi) is 5.99. The van der Waals surface area contributed by atoms with Crippen LogP contribution in [-0.4, -0.2) is 29.3 Å². The number of aromatic nitrogens is 1. The molecule has 0 aliphatic heterocycles. The van der Waals surface area contributed by atoms with E-state index in [0.717, 1.165) is 5.69 Å². The van der Waals surface area contributed by atoms with Gasteiger partial charge < -0.3 is 15.2 Å². The van der Waals surface area contributed by atoms with Crippen molar-refractivity contribution in [3.63, 3.8) is 0 Å². The minimum atomic E-state index is -0.602. The van der Waals surface area contributed by atoms with Gasteiger partial charge in [0.05, 0.1) is 5.69 Å². The van der Waals surface area contributed by atoms with E-state index in [1.165, 1.54) is 0 Å². The Morgan fingerprint density at radius 2 is 2.14 bits per heavy atom. The highest BCUT2D eigenvalue weighted by atomic mass is 35.5. The Morgan fingerprint density at radius 1 is 1.29 bits per heavy atom. The Labute approximate surface area is 129 Å². The van der Waals surface area contributed by atoms with Gasteiger partial charge >= 0.3 is 0 Å². The summed E-state index contributed by atoms with van der Waals surface area (Å²) in [5.74, 6) is 0.652. The Hall–Kier alpha value is -1.62. The predicted octanol–water partition coefficient (Wildman–Crippen LogP) is 2.83. The molecule has 5 heteroatoms. The van der Waals surface area contributed by atoms with Crippen LogP contribution in [-0.2, 0) is 0 Å². The smallest absolute Gasteiger partial charge is 0.120 e. The first-order valence-electron chi connectivity index (χ1n) is 6.86. The lowest BCUT2D eigenvalue weighted by Gasteiger charge is -2.17. The third-order valence-electron chi connectivity index (χ3n) is 3.03. The fraction of sp³-hybridized carbons (Fsp3) is 0.312. The van der Waals surface area contributed by atoms with E-state index in [2.05, 4.69) is 10.3 Å². The van der Waals surface area contributed by atoms with Crippen molar-refractivity contribution in [2.24, 2.45) is 0 Å². The molecule has 0 saturated heterocycles. The van der Waals surface area contributed by atoms with Crippen molar-refractivity contribution in [1.29, 1.82) is 0 Å². The molecule has 0 radical (unpaired) electrons. The first-order chi connectivity index (χ1) is 10.1. The number of ether oxygens (including phenoxy) is 1. The van der Waals surface area contributed by atoms with Gasteiger partial charge in [-0.15, -0.1) is 0 Å². The summed E-state index contributed by atoms with van der Waals surface area (Å²) in [7, 11) is 0. The average molecular weight is 307 g/mol. The SMILES string of the molecule is CC(NCC(O)COc1cccc(Cl)c1)c1ccccn1. The molecule has 2 rings (SSSR count). The number of benzene rings is 1. The van der Waals surface area contributed by atoms with Gasteiger partial charge in [0, 0.05) is 23.8 Å². The molecule has 0 aliphatic rings. The minimum Gasteiger partial charge on any atom is -0.491 e. The van der Waals surface area contributed by atoms with Crippen LogP contribution in [0.5, 0.6) is 5.75 Å². The average Bonchev–Trinajstić information content (AvgIpc) is 2.51. The van der Waals surface area contributed by atoms with Crippen molar-refractivity contribution in [3.05, 3.63) is 59.4 Å². The summed E-state index contributed by atoms with van der Waals surface area (Å²) in [6.45, 7) is 2.65. The molecule has 4 nitrogen and oxygen atoms in total. The van der Waals surface area contributed by atoms with E-state index in [9.17, 15) is 5.11 Å². The van der Waals surface area contributed by atoms with Crippen LogP contribution in [0.25, 0.3) is 0 Å². The van der Waals surface area contributed by atoms with E-state index >= 15 is 0 Å². The zero-order chi connectivity index (χ0) is 15.1. The second-order valence-electron chi connectivity index (χ2n) is 4.81. The normalized spacial score (nSPS) is 13.7. The minimum absolute atomic E-state index is 0.0759. The Bertz CT molecular complexity index is 551. The highest BCUT2D eigenvalue weighted by Gasteiger charge is 2.10. The molecule has 2 atom stereocenters. The van der Waals surface area contributed by atoms with Crippen molar-refractivity contribution in [2.45, 2.75) is 19.1 Å². The number of rotatable bonds is 7. The predicted molar refractivity (Wildman–Crippen MR) is 83.6 cm³/mol. The van der Waals surface area contributed by atoms with Gasteiger partial charge in [-0.05, 0) is 37.3 Å². The highest BCUT2D eigenvalue weighted by Crippen LogP contribution is 2.17. The van der Waals surface area contributed by atoms with Crippen LogP contribution >= 0.6 is 11.6 Å². The molecule has 1 heterocycles. The van der Waals surface area contributed by atoms with E-state index in [4.69, 9.17) is 16.3 Å². The number of halogens is 1. The largest absolute Gasteiger partial charge is 0.491 e. The van der Waals surface area contributed by atoms with E-state index in [1.807, 2.05) is 37.3 Å². The van der Waals surface area contributed by atoms with Crippen molar-refractivity contribution < 1.29 is 9.84 Å². The fourth-order valence-corrected chi connectivity index (χ4v) is 2.04. The fourth-order valence-electron chi connectivity index (χ4n) is 1.86. The maximum Gasteiger partial charge on any atom is 0.120 e. The summed E-state index contributed by atoms with van der Waals surface area (Å²) in [6.07, 6.45) is 1.15. The lowest BCUT2D eigenvalue weighted by Crippen LogP contribution is -2.33. The number of aliphatic hydroxyl groups is 1. The number of nitrogens with zero attached hydrogens (tertiary/aromatic N) is 1. The monoisotopic (exact) mass is 306 g/mol. The second-order valence-corrected chi connectivity index (χ2v) is 5.24. The summed E-state index contributed by atoms with van der Waals surface area (Å²) < 4.78 is 5.50. The van der Waals surface area contributed by atoms with Gasteiger partial charge in [-0.25, -0.2) is 0 Å². The molecule has 2 aromatic rings. The molecular formula is C16H19ClN2O2. The number of aliphatic hydroxyl groups excluding tert-OH is 1. The molecule has 2 N–H and O–H groups in total. The van der Waals surface area contributed by atoms with Crippen molar-refractivity contribution in [3.8, 4) is 5.75 Å². The van der Waals surface area contributed by atoms with Gasteiger partial charge in [0.15, 0.2) is 0 Å². The zero-order valence-corrected chi connectivity index (χ0v) is 12.6. The number of hydrogen-bond donors (Lipinski definition) is 2. The van der Waals surface area contributed by atoms with Gasteiger partial charge in [-0.3, -0.25) is 4.98 Å². The molecule has 0 aliphatic carbocycles. The standard InChI is InChI=1S/C16H19ClN2O2/c1-12(16-7-2-3-8-18-16)19-10-14(20)11-21-15-6-4-5-13(17)9-15/h2-9,12,14,19-20H,10-11H2,1H3. The number of pyridine rings is 1. The maximum atomic E-state index is 9.93. The maximum absolute atomic E-state index is 9.93. The quantitative estimate of drug-likeness (QED) is 0.826. The van der Waals surface area contributed by atoms with Crippen LogP contribution in [0, 0.1) is 0 Å². The van der Waals surface area contributed by atoms with Crippen molar-refractivity contribution in [2.75, 3.05) is 13.2 Å². The van der Waals surface area contributed by atoms with Crippen molar-refractivity contribution >= 4 is 11.6 Å². The Morgan fingerprint density at radius 3 is 2.86 bits per heavy atom. The molecule has 112 valence electrons. The van der Waals surface area contributed by atoms with Crippen LogP contribution in [0.3, 0.4) is 0 Å². The third-order valence-corrected chi connectivity index (χ3v) is 3.26. The molecule has 1 aromatic heterocycles. The van der Waals surface area contributed by atoms with E-state index < -0.39 is 6.10 Å². The molecule has 0 spiro atoms. The second kappa shape index (κ2) is 7.98. The van der Waals surface area contributed by atoms with Crippen LogP contribution < -0.4 is 10.1 Å². The summed E-state index contributed by atoms with van der Waals surface area (Å²) >= 11 is 5.87.